The maximum atomic E-state index is 11.4. The normalized spacial score (nSPS) is 11.7. The van der Waals surface area contributed by atoms with Crippen LogP contribution in [-0.4, -0.2) is 18.1 Å². The molecule has 0 saturated heterocycles. The summed E-state index contributed by atoms with van der Waals surface area (Å²) in [6, 6.07) is 7.62. The molecule has 0 aliphatic rings. The number of hydrogen-bond donors (Lipinski definition) is 1. The van der Waals surface area contributed by atoms with Crippen molar-refractivity contribution in [1.82, 2.24) is 9.97 Å². The van der Waals surface area contributed by atoms with Gasteiger partial charge in [-0.25, -0.2) is 9.78 Å². The fourth-order valence-corrected chi connectivity index (χ4v) is 1.63. The van der Waals surface area contributed by atoms with Crippen LogP contribution in [0, 0.1) is 0 Å². The summed E-state index contributed by atoms with van der Waals surface area (Å²) in [6.45, 7) is 0.0953. The number of rotatable bonds is 2. The number of imidazole rings is 1. The molecule has 1 N–H and O–H groups in total. The SMILES string of the molecule is O=C(OCc1nc2ccccc2[nH]1)C(Br)(Br)Br. The van der Waals surface area contributed by atoms with Crippen molar-refractivity contribution in [3.05, 3.63) is 30.1 Å². The number of aromatic amines is 1. The molecule has 0 saturated carbocycles. The first-order valence-electron chi connectivity index (χ1n) is 4.64. The number of aromatic nitrogens is 2. The van der Waals surface area contributed by atoms with Gasteiger partial charge in [0, 0.05) is 0 Å². The zero-order chi connectivity index (χ0) is 12.5. The predicted molar refractivity (Wildman–Crippen MR) is 75.4 cm³/mol. The summed E-state index contributed by atoms with van der Waals surface area (Å²) >= 11 is 9.24. The van der Waals surface area contributed by atoms with Crippen molar-refractivity contribution in [1.29, 1.82) is 0 Å². The summed E-state index contributed by atoms with van der Waals surface area (Å²) in [5.74, 6) is 0.134. The highest BCUT2D eigenvalue weighted by molar-refractivity contribution is 9.40. The third kappa shape index (κ3) is 3.29. The van der Waals surface area contributed by atoms with E-state index in [4.69, 9.17) is 4.74 Å². The number of benzene rings is 1. The number of carbonyl (C=O) groups is 1. The quantitative estimate of drug-likeness (QED) is 0.591. The van der Waals surface area contributed by atoms with Crippen LogP contribution in [0.25, 0.3) is 11.0 Å². The maximum Gasteiger partial charge on any atom is 0.345 e. The number of H-pyrrole nitrogens is 1. The number of alkyl halides is 3. The summed E-state index contributed by atoms with van der Waals surface area (Å²) in [4.78, 5) is 18.8. The topological polar surface area (TPSA) is 55.0 Å². The molecule has 0 aliphatic heterocycles. The van der Waals surface area contributed by atoms with E-state index in [1.54, 1.807) is 0 Å². The van der Waals surface area contributed by atoms with Gasteiger partial charge in [-0.1, -0.05) is 12.1 Å². The van der Waals surface area contributed by atoms with E-state index in [9.17, 15) is 4.79 Å². The zero-order valence-corrected chi connectivity index (χ0v) is 13.2. The van der Waals surface area contributed by atoms with Gasteiger partial charge in [-0.15, -0.1) is 0 Å². The number of fused-ring (bicyclic) bond motifs is 1. The van der Waals surface area contributed by atoms with E-state index in [-0.39, 0.29) is 6.61 Å². The zero-order valence-electron chi connectivity index (χ0n) is 8.41. The molecule has 7 heteroatoms. The van der Waals surface area contributed by atoms with Crippen LogP contribution in [0.15, 0.2) is 24.3 Å². The number of nitrogens with zero attached hydrogens (tertiary/aromatic N) is 1. The van der Waals surface area contributed by atoms with Crippen molar-refractivity contribution in [3.63, 3.8) is 0 Å². The average molecular weight is 427 g/mol. The molecule has 0 spiro atoms. The van der Waals surface area contributed by atoms with E-state index in [0.29, 0.717) is 5.82 Å². The Labute approximate surface area is 123 Å². The lowest BCUT2D eigenvalue weighted by atomic mass is 10.3. The lowest BCUT2D eigenvalue weighted by Gasteiger charge is -2.10. The minimum Gasteiger partial charge on any atom is -0.455 e. The third-order valence-electron chi connectivity index (χ3n) is 2.01. The molecule has 0 radical (unpaired) electrons. The fourth-order valence-electron chi connectivity index (χ4n) is 1.29. The Bertz CT molecular complexity index is 515. The van der Waals surface area contributed by atoms with Gasteiger partial charge in [-0.05, 0) is 59.9 Å². The number of hydrogen-bond acceptors (Lipinski definition) is 3. The Balaban J connectivity index is 2.07. The van der Waals surface area contributed by atoms with Crippen LogP contribution < -0.4 is 0 Å². The van der Waals surface area contributed by atoms with E-state index in [1.807, 2.05) is 24.3 Å². The lowest BCUT2D eigenvalue weighted by molar-refractivity contribution is -0.143. The molecule has 1 aromatic heterocycles. The van der Waals surface area contributed by atoms with Crippen LogP contribution in [0.4, 0.5) is 0 Å². The molecule has 0 fully saturated rings. The van der Waals surface area contributed by atoms with Crippen molar-refractivity contribution >= 4 is 64.8 Å². The summed E-state index contributed by atoms with van der Waals surface area (Å²) < 4.78 is 4.01. The lowest BCUT2D eigenvalue weighted by Crippen LogP contribution is -2.20. The molecule has 0 unspecified atom stereocenters. The summed E-state index contributed by atoms with van der Waals surface area (Å²) in [6.07, 6.45) is 0. The Morgan fingerprint density at radius 2 is 2.06 bits per heavy atom. The van der Waals surface area contributed by atoms with Gasteiger partial charge in [0.05, 0.1) is 11.0 Å². The summed E-state index contributed by atoms with van der Waals surface area (Å²) in [5, 5.41) is 0. The first-order chi connectivity index (χ1) is 7.97. The van der Waals surface area contributed by atoms with Crippen molar-refractivity contribution in [2.24, 2.45) is 0 Å². The number of carbonyl (C=O) groups excluding carboxylic acids is 1. The minimum absolute atomic E-state index is 0.0953. The van der Waals surface area contributed by atoms with Crippen LogP contribution in [0.3, 0.4) is 0 Å². The molecule has 90 valence electrons. The standard InChI is InChI=1S/C10H7Br3N2O2/c11-10(12,13)9(16)17-5-8-14-6-3-1-2-4-7(6)15-8/h1-4H,5H2,(H,14,15). The smallest absolute Gasteiger partial charge is 0.345 e. The van der Waals surface area contributed by atoms with Crippen LogP contribution in [-0.2, 0) is 16.1 Å². The first kappa shape index (κ1) is 13.0. The van der Waals surface area contributed by atoms with E-state index in [0.717, 1.165) is 11.0 Å². The highest BCUT2D eigenvalue weighted by atomic mass is 80.0. The van der Waals surface area contributed by atoms with Gasteiger partial charge in [0.15, 0.2) is 0 Å². The molecule has 2 rings (SSSR count). The van der Waals surface area contributed by atoms with Crippen LogP contribution in [0.1, 0.15) is 5.82 Å². The molecule has 0 amide bonds. The van der Waals surface area contributed by atoms with Crippen LogP contribution >= 0.6 is 47.8 Å². The molecule has 0 aliphatic carbocycles. The highest BCUT2D eigenvalue weighted by Gasteiger charge is 2.30. The second-order valence-corrected chi connectivity index (χ2v) is 10.0. The molecule has 17 heavy (non-hydrogen) atoms. The number of esters is 1. The number of para-hydroxylation sites is 2. The third-order valence-corrected chi connectivity index (χ3v) is 2.98. The Hall–Kier alpha value is -0.400. The van der Waals surface area contributed by atoms with Crippen molar-refractivity contribution < 1.29 is 9.53 Å². The van der Waals surface area contributed by atoms with Gasteiger partial charge < -0.3 is 9.72 Å². The van der Waals surface area contributed by atoms with Crippen molar-refractivity contribution in [2.45, 2.75) is 8.75 Å². The van der Waals surface area contributed by atoms with Crippen molar-refractivity contribution in [3.8, 4) is 0 Å². The second-order valence-electron chi connectivity index (χ2n) is 3.27. The molecule has 0 atom stereocenters. The number of halogens is 3. The Morgan fingerprint density at radius 3 is 2.71 bits per heavy atom. The maximum absolute atomic E-state index is 11.4. The molecular formula is C10H7Br3N2O2. The fraction of sp³-hybridized carbons (Fsp3) is 0.200. The van der Waals surface area contributed by atoms with Gasteiger partial charge in [-0.2, -0.15) is 0 Å². The van der Waals surface area contributed by atoms with Gasteiger partial charge in [0.25, 0.3) is 0 Å². The van der Waals surface area contributed by atoms with Gasteiger partial charge in [-0.3, -0.25) is 0 Å². The second kappa shape index (κ2) is 5.07. The highest BCUT2D eigenvalue weighted by Crippen LogP contribution is 2.34. The van der Waals surface area contributed by atoms with Crippen molar-refractivity contribution in [2.75, 3.05) is 0 Å². The first-order valence-corrected chi connectivity index (χ1v) is 7.02. The van der Waals surface area contributed by atoms with E-state index in [1.165, 1.54) is 0 Å². The predicted octanol–water partition coefficient (Wildman–Crippen LogP) is 3.44. The van der Waals surface area contributed by atoms with Gasteiger partial charge in [0.1, 0.15) is 12.4 Å². The van der Waals surface area contributed by atoms with E-state index >= 15 is 0 Å². The molecule has 4 nitrogen and oxygen atoms in total. The molecule has 1 heterocycles. The average Bonchev–Trinajstić information content (AvgIpc) is 2.66. The summed E-state index contributed by atoms with van der Waals surface area (Å²) in [5.41, 5.74) is 1.77. The monoisotopic (exact) mass is 424 g/mol. The van der Waals surface area contributed by atoms with Gasteiger partial charge in [0.2, 0.25) is 2.14 Å². The molecule has 2 aromatic rings. The number of ether oxygens (including phenoxy) is 1. The molecule has 0 bridgehead atoms. The van der Waals surface area contributed by atoms with Gasteiger partial charge >= 0.3 is 5.97 Å². The van der Waals surface area contributed by atoms with Crippen LogP contribution in [0.2, 0.25) is 0 Å². The van der Waals surface area contributed by atoms with E-state index < -0.39 is 8.11 Å². The molecule has 1 aromatic carbocycles. The summed E-state index contributed by atoms with van der Waals surface area (Å²) in [7, 11) is 0. The largest absolute Gasteiger partial charge is 0.455 e. The number of nitrogens with one attached hydrogen (secondary N) is 1. The van der Waals surface area contributed by atoms with E-state index in [2.05, 4.69) is 57.8 Å². The minimum atomic E-state index is -1.04. The Kier molecular flexibility index (Phi) is 3.89. The Morgan fingerprint density at radius 1 is 1.35 bits per heavy atom. The molecular weight excluding hydrogens is 420 g/mol. The van der Waals surface area contributed by atoms with Crippen LogP contribution in [0.5, 0.6) is 0 Å².